The first kappa shape index (κ1) is 12.1. The molecular formula is C10H12Cl2N2O. The fraction of sp³-hybridized carbons (Fsp3) is 0.300. The zero-order valence-corrected chi connectivity index (χ0v) is 9.82. The summed E-state index contributed by atoms with van der Waals surface area (Å²) in [5.74, 6) is -0.0754. The number of rotatable bonds is 4. The molecule has 0 spiro atoms. The molecule has 1 amide bonds. The highest BCUT2D eigenvalue weighted by molar-refractivity contribution is 6.43. The number of hydrogen-bond donors (Lipinski definition) is 2. The summed E-state index contributed by atoms with van der Waals surface area (Å²) < 4.78 is 0. The highest BCUT2D eigenvalue weighted by Crippen LogP contribution is 2.29. The maximum Gasteiger partial charge on any atom is 0.239 e. The van der Waals surface area contributed by atoms with Crippen molar-refractivity contribution in [2.24, 2.45) is 0 Å². The summed E-state index contributed by atoms with van der Waals surface area (Å²) in [7, 11) is 0. The Bertz CT molecular complexity index is 355. The minimum atomic E-state index is -0.0754. The first-order valence-corrected chi connectivity index (χ1v) is 5.35. The van der Waals surface area contributed by atoms with Crippen LogP contribution in [0.4, 0.5) is 5.69 Å². The Balaban J connectivity index is 2.58. The lowest BCUT2D eigenvalue weighted by Gasteiger charge is -2.08. The molecule has 0 aliphatic carbocycles. The van der Waals surface area contributed by atoms with Gasteiger partial charge in [0.2, 0.25) is 5.91 Å². The van der Waals surface area contributed by atoms with Gasteiger partial charge in [-0.25, -0.2) is 0 Å². The zero-order chi connectivity index (χ0) is 11.3. The van der Waals surface area contributed by atoms with Crippen molar-refractivity contribution in [3.05, 3.63) is 28.2 Å². The number of amides is 1. The molecule has 0 saturated heterocycles. The molecule has 1 rings (SSSR count). The second-order valence-electron chi connectivity index (χ2n) is 2.91. The Hall–Kier alpha value is -0.930. The predicted octanol–water partition coefficient (Wildman–Crippen LogP) is 2.54. The summed E-state index contributed by atoms with van der Waals surface area (Å²) in [6, 6.07) is 5.24. The van der Waals surface area contributed by atoms with Gasteiger partial charge in [0.1, 0.15) is 0 Å². The summed E-state index contributed by atoms with van der Waals surface area (Å²) in [6.45, 7) is 2.67. The molecule has 0 aromatic heterocycles. The first-order valence-electron chi connectivity index (χ1n) is 4.59. The molecule has 0 bridgehead atoms. The van der Waals surface area contributed by atoms with E-state index < -0.39 is 0 Å². The highest BCUT2D eigenvalue weighted by atomic mass is 35.5. The van der Waals surface area contributed by atoms with Crippen molar-refractivity contribution < 1.29 is 4.79 Å². The number of carbonyl (C=O) groups is 1. The van der Waals surface area contributed by atoms with E-state index in [-0.39, 0.29) is 12.5 Å². The van der Waals surface area contributed by atoms with Crippen LogP contribution in [-0.4, -0.2) is 19.0 Å². The van der Waals surface area contributed by atoms with Crippen molar-refractivity contribution in [2.75, 3.05) is 18.4 Å². The molecule has 0 aliphatic rings. The van der Waals surface area contributed by atoms with Crippen molar-refractivity contribution >= 4 is 34.8 Å². The smallest absolute Gasteiger partial charge is 0.239 e. The van der Waals surface area contributed by atoms with E-state index in [1.807, 2.05) is 6.92 Å². The second kappa shape index (κ2) is 5.83. The van der Waals surface area contributed by atoms with Crippen LogP contribution in [0.3, 0.4) is 0 Å². The van der Waals surface area contributed by atoms with Crippen LogP contribution in [0.15, 0.2) is 18.2 Å². The number of likely N-dealkylation sites (N-methyl/N-ethyl adjacent to an activating group) is 1. The minimum Gasteiger partial charge on any atom is -0.375 e. The number of halogens is 2. The van der Waals surface area contributed by atoms with Gasteiger partial charge in [0.15, 0.2) is 0 Å². The summed E-state index contributed by atoms with van der Waals surface area (Å²) >= 11 is 11.7. The third-order valence-corrected chi connectivity index (χ3v) is 2.58. The van der Waals surface area contributed by atoms with Gasteiger partial charge < -0.3 is 10.6 Å². The lowest BCUT2D eigenvalue weighted by Crippen LogP contribution is -2.29. The average molecular weight is 247 g/mol. The molecule has 0 heterocycles. The van der Waals surface area contributed by atoms with Crippen molar-refractivity contribution in [2.45, 2.75) is 6.92 Å². The van der Waals surface area contributed by atoms with E-state index in [0.717, 1.165) is 0 Å². The molecule has 5 heteroatoms. The van der Waals surface area contributed by atoms with Gasteiger partial charge in [0, 0.05) is 6.54 Å². The van der Waals surface area contributed by atoms with Crippen LogP contribution in [-0.2, 0) is 4.79 Å². The average Bonchev–Trinajstić information content (AvgIpc) is 2.21. The lowest BCUT2D eigenvalue weighted by atomic mass is 10.3. The molecule has 82 valence electrons. The molecular weight excluding hydrogens is 235 g/mol. The van der Waals surface area contributed by atoms with E-state index in [2.05, 4.69) is 10.6 Å². The topological polar surface area (TPSA) is 41.1 Å². The summed E-state index contributed by atoms with van der Waals surface area (Å²) in [4.78, 5) is 11.2. The minimum absolute atomic E-state index is 0.0754. The molecule has 3 nitrogen and oxygen atoms in total. The Morgan fingerprint density at radius 3 is 2.80 bits per heavy atom. The number of hydrogen-bond acceptors (Lipinski definition) is 2. The van der Waals surface area contributed by atoms with Gasteiger partial charge in [-0.2, -0.15) is 0 Å². The fourth-order valence-electron chi connectivity index (χ4n) is 1.08. The molecule has 0 unspecified atom stereocenters. The summed E-state index contributed by atoms with van der Waals surface area (Å²) in [6.07, 6.45) is 0. The van der Waals surface area contributed by atoms with Crippen LogP contribution in [0.25, 0.3) is 0 Å². The van der Waals surface area contributed by atoms with Crippen LogP contribution in [0.5, 0.6) is 0 Å². The SMILES string of the molecule is CCNC(=O)CNc1cccc(Cl)c1Cl. The van der Waals surface area contributed by atoms with Crippen molar-refractivity contribution in [1.29, 1.82) is 0 Å². The largest absolute Gasteiger partial charge is 0.375 e. The Morgan fingerprint density at radius 2 is 2.13 bits per heavy atom. The number of benzene rings is 1. The van der Waals surface area contributed by atoms with Gasteiger partial charge in [-0.15, -0.1) is 0 Å². The molecule has 15 heavy (non-hydrogen) atoms. The summed E-state index contributed by atoms with van der Waals surface area (Å²) in [5, 5.41) is 6.49. The van der Waals surface area contributed by atoms with Crippen LogP contribution >= 0.6 is 23.2 Å². The van der Waals surface area contributed by atoms with E-state index in [1.54, 1.807) is 18.2 Å². The van der Waals surface area contributed by atoms with Gasteiger partial charge in [-0.3, -0.25) is 4.79 Å². The number of anilines is 1. The van der Waals surface area contributed by atoms with E-state index in [4.69, 9.17) is 23.2 Å². The van der Waals surface area contributed by atoms with E-state index in [0.29, 0.717) is 22.3 Å². The van der Waals surface area contributed by atoms with Crippen LogP contribution < -0.4 is 10.6 Å². The monoisotopic (exact) mass is 246 g/mol. The van der Waals surface area contributed by atoms with Gasteiger partial charge in [0.25, 0.3) is 0 Å². The van der Waals surface area contributed by atoms with Crippen LogP contribution in [0.2, 0.25) is 10.0 Å². The molecule has 0 aliphatic heterocycles. The predicted molar refractivity (Wildman–Crippen MR) is 63.6 cm³/mol. The maximum atomic E-state index is 11.2. The van der Waals surface area contributed by atoms with Gasteiger partial charge in [-0.1, -0.05) is 29.3 Å². The molecule has 0 fully saturated rings. The molecule has 0 saturated carbocycles. The number of carbonyl (C=O) groups excluding carboxylic acids is 1. The van der Waals surface area contributed by atoms with Crippen molar-refractivity contribution in [1.82, 2.24) is 5.32 Å². The standard InChI is InChI=1S/C10H12Cl2N2O/c1-2-13-9(15)6-14-8-5-3-4-7(11)10(8)12/h3-5,14H,2,6H2,1H3,(H,13,15). The Kier molecular flexibility index (Phi) is 4.72. The molecule has 2 N–H and O–H groups in total. The first-order chi connectivity index (χ1) is 7.15. The van der Waals surface area contributed by atoms with E-state index in [1.165, 1.54) is 0 Å². The number of nitrogens with one attached hydrogen (secondary N) is 2. The quantitative estimate of drug-likeness (QED) is 0.858. The van der Waals surface area contributed by atoms with Crippen LogP contribution in [0, 0.1) is 0 Å². The Labute approximate surface area is 98.8 Å². The third kappa shape index (κ3) is 3.61. The zero-order valence-electron chi connectivity index (χ0n) is 8.31. The maximum absolute atomic E-state index is 11.2. The lowest BCUT2D eigenvalue weighted by molar-refractivity contribution is -0.119. The highest BCUT2D eigenvalue weighted by Gasteiger charge is 2.05. The van der Waals surface area contributed by atoms with Crippen molar-refractivity contribution in [3.8, 4) is 0 Å². The third-order valence-electron chi connectivity index (χ3n) is 1.76. The van der Waals surface area contributed by atoms with E-state index in [9.17, 15) is 4.79 Å². The molecule has 1 aromatic carbocycles. The Morgan fingerprint density at radius 1 is 1.40 bits per heavy atom. The van der Waals surface area contributed by atoms with E-state index >= 15 is 0 Å². The summed E-state index contributed by atoms with van der Waals surface area (Å²) in [5.41, 5.74) is 0.662. The normalized spacial score (nSPS) is 9.80. The van der Waals surface area contributed by atoms with Gasteiger partial charge >= 0.3 is 0 Å². The van der Waals surface area contributed by atoms with Gasteiger partial charge in [0.05, 0.1) is 22.3 Å². The fourth-order valence-corrected chi connectivity index (χ4v) is 1.44. The van der Waals surface area contributed by atoms with Crippen molar-refractivity contribution in [3.63, 3.8) is 0 Å². The second-order valence-corrected chi connectivity index (χ2v) is 3.69. The van der Waals surface area contributed by atoms with Crippen LogP contribution in [0.1, 0.15) is 6.92 Å². The molecule has 0 atom stereocenters. The van der Waals surface area contributed by atoms with Gasteiger partial charge in [-0.05, 0) is 19.1 Å². The molecule has 0 radical (unpaired) electrons. The molecule has 1 aromatic rings.